The highest BCUT2D eigenvalue weighted by Crippen LogP contribution is 2.49. The Morgan fingerprint density at radius 1 is 1.47 bits per heavy atom. The average Bonchev–Trinajstić information content (AvgIpc) is 2.78. The van der Waals surface area contributed by atoms with Gasteiger partial charge < -0.3 is 5.73 Å². The lowest BCUT2D eigenvalue weighted by Crippen LogP contribution is -2.03. The van der Waals surface area contributed by atoms with Gasteiger partial charge in [0, 0.05) is 16.8 Å². The van der Waals surface area contributed by atoms with Gasteiger partial charge in [0.1, 0.15) is 0 Å². The lowest BCUT2D eigenvalue weighted by atomic mass is 10.1. The Balaban J connectivity index is 2.25. The van der Waals surface area contributed by atoms with E-state index in [0.717, 1.165) is 6.42 Å². The first-order valence-corrected chi connectivity index (χ1v) is 6.56. The van der Waals surface area contributed by atoms with Crippen molar-refractivity contribution < 1.29 is 0 Å². The molecule has 0 unspecified atom stereocenters. The van der Waals surface area contributed by atoms with Crippen molar-refractivity contribution in [3.63, 3.8) is 0 Å². The quantitative estimate of drug-likeness (QED) is 0.854. The summed E-state index contributed by atoms with van der Waals surface area (Å²) in [6, 6.07) is 0. The fourth-order valence-electron chi connectivity index (χ4n) is 1.75. The molecule has 0 amide bonds. The molecule has 0 atom stereocenters. The van der Waals surface area contributed by atoms with E-state index in [-0.39, 0.29) is 0 Å². The minimum Gasteiger partial charge on any atom is -0.326 e. The molecule has 1 aliphatic carbocycles. The van der Waals surface area contributed by atoms with Gasteiger partial charge in [0.05, 0.1) is 10.7 Å². The average molecular weight is 224 g/mol. The molecule has 1 aliphatic rings. The number of hydrogen-bond acceptors (Lipinski definition) is 3. The second-order valence-electron chi connectivity index (χ2n) is 5.25. The van der Waals surface area contributed by atoms with Gasteiger partial charge in [0.15, 0.2) is 0 Å². The molecule has 2 rings (SSSR count). The molecule has 0 spiro atoms. The van der Waals surface area contributed by atoms with E-state index in [9.17, 15) is 0 Å². The van der Waals surface area contributed by atoms with Crippen molar-refractivity contribution in [3.05, 3.63) is 15.6 Å². The smallest absolute Gasteiger partial charge is 0.0990 e. The Morgan fingerprint density at radius 2 is 2.13 bits per heavy atom. The number of nitrogens with two attached hydrogens (primary N) is 1. The molecule has 84 valence electrons. The molecule has 0 radical (unpaired) electrons. The lowest BCUT2D eigenvalue weighted by molar-refractivity contribution is 0.629. The minimum absolute atomic E-state index is 0.393. The van der Waals surface area contributed by atoms with Crippen molar-refractivity contribution in [2.45, 2.75) is 52.0 Å². The van der Waals surface area contributed by atoms with E-state index in [1.807, 2.05) is 11.3 Å². The van der Waals surface area contributed by atoms with E-state index in [4.69, 9.17) is 10.7 Å². The van der Waals surface area contributed by atoms with Gasteiger partial charge in [-0.25, -0.2) is 4.98 Å². The third kappa shape index (κ3) is 2.23. The molecule has 1 fully saturated rings. The predicted molar refractivity (Wildman–Crippen MR) is 65.1 cm³/mol. The third-order valence-corrected chi connectivity index (χ3v) is 4.51. The molecular formula is C12H20N2S. The van der Waals surface area contributed by atoms with Crippen LogP contribution in [0.25, 0.3) is 0 Å². The summed E-state index contributed by atoms with van der Waals surface area (Å²) in [5, 5.41) is 1.32. The monoisotopic (exact) mass is 224 g/mol. The van der Waals surface area contributed by atoms with E-state index in [0.29, 0.717) is 17.9 Å². The SMILES string of the molecule is CC(C)Cc1nc(C2(C)CC2)sc1CN. The molecule has 1 aromatic heterocycles. The summed E-state index contributed by atoms with van der Waals surface area (Å²) >= 11 is 1.83. The fraction of sp³-hybridized carbons (Fsp3) is 0.750. The van der Waals surface area contributed by atoms with Gasteiger partial charge in [0.2, 0.25) is 0 Å². The maximum atomic E-state index is 5.77. The second kappa shape index (κ2) is 3.87. The van der Waals surface area contributed by atoms with E-state index in [1.54, 1.807) is 0 Å². The summed E-state index contributed by atoms with van der Waals surface area (Å²) in [6.45, 7) is 7.43. The highest BCUT2D eigenvalue weighted by Gasteiger charge is 2.42. The molecule has 0 aromatic carbocycles. The Bertz CT molecular complexity index is 351. The van der Waals surface area contributed by atoms with E-state index < -0.39 is 0 Å². The molecule has 1 heterocycles. The van der Waals surface area contributed by atoms with Gasteiger partial charge in [-0.2, -0.15) is 0 Å². The maximum Gasteiger partial charge on any atom is 0.0990 e. The van der Waals surface area contributed by atoms with Gasteiger partial charge in [-0.3, -0.25) is 0 Å². The van der Waals surface area contributed by atoms with Crippen LogP contribution < -0.4 is 5.73 Å². The van der Waals surface area contributed by atoms with Gasteiger partial charge in [-0.1, -0.05) is 20.8 Å². The zero-order chi connectivity index (χ0) is 11.1. The molecular weight excluding hydrogens is 204 g/mol. The van der Waals surface area contributed by atoms with Crippen molar-refractivity contribution in [2.75, 3.05) is 0 Å². The van der Waals surface area contributed by atoms with Gasteiger partial charge in [-0.05, 0) is 25.2 Å². The maximum absolute atomic E-state index is 5.77. The molecule has 15 heavy (non-hydrogen) atoms. The van der Waals surface area contributed by atoms with Gasteiger partial charge in [0.25, 0.3) is 0 Å². The van der Waals surface area contributed by atoms with Crippen LogP contribution in [0, 0.1) is 5.92 Å². The first kappa shape index (κ1) is 11.1. The van der Waals surface area contributed by atoms with Crippen molar-refractivity contribution >= 4 is 11.3 Å². The van der Waals surface area contributed by atoms with Crippen molar-refractivity contribution in [1.29, 1.82) is 0 Å². The normalized spacial score (nSPS) is 18.5. The summed E-state index contributed by atoms with van der Waals surface area (Å²) in [6.07, 6.45) is 3.66. The van der Waals surface area contributed by atoms with Gasteiger partial charge in [-0.15, -0.1) is 11.3 Å². The first-order valence-electron chi connectivity index (χ1n) is 5.74. The summed E-state index contributed by atoms with van der Waals surface area (Å²) in [7, 11) is 0. The summed E-state index contributed by atoms with van der Waals surface area (Å²) in [5.74, 6) is 0.664. The molecule has 2 N–H and O–H groups in total. The van der Waals surface area contributed by atoms with E-state index >= 15 is 0 Å². The molecule has 0 aliphatic heterocycles. The molecule has 0 saturated heterocycles. The zero-order valence-corrected chi connectivity index (χ0v) is 10.7. The highest BCUT2D eigenvalue weighted by atomic mass is 32.1. The predicted octanol–water partition coefficient (Wildman–Crippen LogP) is 2.85. The summed E-state index contributed by atoms with van der Waals surface area (Å²) in [4.78, 5) is 6.09. The number of aromatic nitrogens is 1. The number of rotatable bonds is 4. The number of hydrogen-bond donors (Lipinski definition) is 1. The molecule has 2 nitrogen and oxygen atoms in total. The van der Waals surface area contributed by atoms with Crippen LogP contribution in [0.2, 0.25) is 0 Å². The highest BCUT2D eigenvalue weighted by molar-refractivity contribution is 7.12. The molecule has 3 heteroatoms. The molecule has 1 saturated carbocycles. The second-order valence-corrected chi connectivity index (χ2v) is 6.34. The number of thiazole rings is 1. The molecule has 1 aromatic rings. The van der Waals surface area contributed by atoms with E-state index in [1.165, 1.54) is 28.4 Å². The first-order chi connectivity index (χ1) is 7.05. The Labute approximate surface area is 95.9 Å². The summed E-state index contributed by atoms with van der Waals surface area (Å²) in [5.41, 5.74) is 7.42. The fourth-order valence-corrected chi connectivity index (χ4v) is 2.92. The standard InChI is InChI=1S/C12H20N2S/c1-8(2)6-9-10(7-13)15-11(14-9)12(3)4-5-12/h8H,4-7,13H2,1-3H3. The Kier molecular flexibility index (Phi) is 2.86. The molecule has 0 bridgehead atoms. The summed E-state index contributed by atoms with van der Waals surface area (Å²) < 4.78 is 0. The largest absolute Gasteiger partial charge is 0.326 e. The van der Waals surface area contributed by atoms with Crippen LogP contribution in [0.4, 0.5) is 0 Å². The third-order valence-electron chi connectivity index (χ3n) is 3.08. The minimum atomic E-state index is 0.393. The van der Waals surface area contributed by atoms with Crippen LogP contribution in [0.5, 0.6) is 0 Å². The van der Waals surface area contributed by atoms with Crippen molar-refractivity contribution in [1.82, 2.24) is 4.98 Å². The topological polar surface area (TPSA) is 38.9 Å². The number of nitrogens with zero attached hydrogens (tertiary/aromatic N) is 1. The van der Waals surface area contributed by atoms with Crippen LogP contribution in [-0.4, -0.2) is 4.98 Å². The van der Waals surface area contributed by atoms with Gasteiger partial charge >= 0.3 is 0 Å². The van der Waals surface area contributed by atoms with Crippen molar-refractivity contribution in [3.8, 4) is 0 Å². The van der Waals surface area contributed by atoms with Crippen LogP contribution in [0.3, 0.4) is 0 Å². The van der Waals surface area contributed by atoms with Crippen LogP contribution in [0.15, 0.2) is 0 Å². The lowest BCUT2D eigenvalue weighted by Gasteiger charge is -2.03. The Morgan fingerprint density at radius 3 is 2.60 bits per heavy atom. The Hall–Kier alpha value is -0.410. The zero-order valence-electron chi connectivity index (χ0n) is 9.84. The van der Waals surface area contributed by atoms with E-state index in [2.05, 4.69) is 20.8 Å². The van der Waals surface area contributed by atoms with Crippen LogP contribution >= 0.6 is 11.3 Å². The van der Waals surface area contributed by atoms with Crippen molar-refractivity contribution in [2.24, 2.45) is 11.7 Å². The van der Waals surface area contributed by atoms with Crippen LogP contribution in [-0.2, 0) is 18.4 Å². The van der Waals surface area contributed by atoms with Crippen LogP contribution in [0.1, 0.15) is 49.2 Å².